The smallest absolute Gasteiger partial charge is 0.264 e. The number of likely N-dealkylation sites (tertiary alicyclic amines) is 1. The van der Waals surface area contributed by atoms with Crippen molar-refractivity contribution in [2.45, 2.75) is 19.8 Å². The number of hydrogen-bond donors (Lipinski definition) is 1. The van der Waals surface area contributed by atoms with Gasteiger partial charge in [-0.15, -0.1) is 11.3 Å². The number of rotatable bonds is 5. The molecule has 1 fully saturated rings. The molecule has 0 bridgehead atoms. The number of amides is 3. The number of carbonyl (C=O) groups is 3. The number of likely N-dealkylation sites (N-methyl/N-ethyl adjacent to an activating group) is 1. The molecular weight excluding hydrogens is 376 g/mol. The highest BCUT2D eigenvalue weighted by Gasteiger charge is 2.29. The van der Waals surface area contributed by atoms with Gasteiger partial charge in [-0.2, -0.15) is 0 Å². The predicted octanol–water partition coefficient (Wildman–Crippen LogP) is 2.40. The lowest BCUT2D eigenvalue weighted by Gasteiger charge is -2.33. The maximum atomic E-state index is 12.7. The predicted molar refractivity (Wildman–Crippen MR) is 108 cm³/mol. The van der Waals surface area contributed by atoms with Crippen molar-refractivity contribution in [3.8, 4) is 0 Å². The monoisotopic (exact) mass is 400 g/mol. The molecule has 1 atom stereocenters. The quantitative estimate of drug-likeness (QED) is 0.836. The lowest BCUT2D eigenvalue weighted by molar-refractivity contribution is -0.135. The molecule has 28 heavy (non-hydrogen) atoms. The van der Waals surface area contributed by atoms with Crippen molar-refractivity contribution in [2.75, 3.05) is 32.0 Å². The first-order valence-electron chi connectivity index (χ1n) is 9.25. The average molecular weight is 401 g/mol. The highest BCUT2D eigenvalue weighted by Crippen LogP contribution is 2.20. The van der Waals surface area contributed by atoms with Gasteiger partial charge < -0.3 is 15.1 Å². The second-order valence-electron chi connectivity index (χ2n) is 6.98. The van der Waals surface area contributed by atoms with Gasteiger partial charge in [0.15, 0.2) is 0 Å². The summed E-state index contributed by atoms with van der Waals surface area (Å²) in [5, 5.41) is 4.70. The molecule has 0 saturated carbocycles. The van der Waals surface area contributed by atoms with Crippen molar-refractivity contribution in [1.82, 2.24) is 14.8 Å². The number of pyridine rings is 1. The number of anilines is 1. The second kappa shape index (κ2) is 8.97. The fourth-order valence-electron chi connectivity index (χ4n) is 3.22. The molecule has 0 spiro atoms. The zero-order valence-corrected chi connectivity index (χ0v) is 16.9. The molecule has 3 amide bonds. The Morgan fingerprint density at radius 1 is 1.32 bits per heavy atom. The first kappa shape index (κ1) is 20.0. The Labute approximate surface area is 168 Å². The number of carbonyl (C=O) groups excluding carboxylic acids is 3. The lowest BCUT2D eigenvalue weighted by Crippen LogP contribution is -2.47. The van der Waals surface area contributed by atoms with Gasteiger partial charge in [-0.3, -0.25) is 14.4 Å². The molecule has 1 unspecified atom stereocenters. The number of aromatic nitrogens is 1. The summed E-state index contributed by atoms with van der Waals surface area (Å²) in [6.45, 7) is 2.86. The minimum Gasteiger partial charge on any atom is -0.340 e. The van der Waals surface area contributed by atoms with Gasteiger partial charge in [0.05, 0.1) is 17.3 Å². The SMILES string of the molecule is Cc1cccnc1NC(=O)C1CCCN(C(=O)CN(C)C(=O)c2cccs2)C1. The molecule has 1 aliphatic rings. The van der Waals surface area contributed by atoms with Gasteiger partial charge in [-0.25, -0.2) is 4.98 Å². The van der Waals surface area contributed by atoms with Crippen LogP contribution < -0.4 is 5.32 Å². The first-order chi connectivity index (χ1) is 13.5. The number of aryl methyl sites for hydroxylation is 1. The Balaban J connectivity index is 1.56. The van der Waals surface area contributed by atoms with Crippen molar-refractivity contribution < 1.29 is 14.4 Å². The molecular formula is C20H24N4O3S. The Hall–Kier alpha value is -2.74. The fraction of sp³-hybridized carbons (Fsp3) is 0.400. The Bertz CT molecular complexity index is 853. The number of hydrogen-bond acceptors (Lipinski definition) is 5. The number of piperidine rings is 1. The van der Waals surface area contributed by atoms with Crippen LogP contribution in [0, 0.1) is 12.8 Å². The van der Waals surface area contributed by atoms with E-state index in [9.17, 15) is 14.4 Å². The Morgan fingerprint density at radius 2 is 2.14 bits per heavy atom. The summed E-state index contributed by atoms with van der Waals surface area (Å²) >= 11 is 1.35. The van der Waals surface area contributed by atoms with Crippen LogP contribution in [0.15, 0.2) is 35.8 Å². The van der Waals surface area contributed by atoms with E-state index in [1.807, 2.05) is 30.5 Å². The third-order valence-electron chi connectivity index (χ3n) is 4.85. The van der Waals surface area contributed by atoms with Gasteiger partial charge in [0.2, 0.25) is 11.8 Å². The maximum absolute atomic E-state index is 12.7. The Morgan fingerprint density at radius 3 is 2.86 bits per heavy atom. The van der Waals surface area contributed by atoms with E-state index in [-0.39, 0.29) is 30.2 Å². The molecule has 3 heterocycles. The van der Waals surface area contributed by atoms with E-state index in [0.29, 0.717) is 23.8 Å². The molecule has 0 radical (unpaired) electrons. The van der Waals surface area contributed by atoms with Crippen LogP contribution in [-0.4, -0.2) is 59.2 Å². The molecule has 2 aromatic heterocycles. The Kier molecular flexibility index (Phi) is 6.41. The van der Waals surface area contributed by atoms with Crippen LogP contribution in [0.3, 0.4) is 0 Å². The van der Waals surface area contributed by atoms with E-state index in [4.69, 9.17) is 0 Å². The van der Waals surface area contributed by atoms with Crippen molar-refractivity contribution in [3.63, 3.8) is 0 Å². The topological polar surface area (TPSA) is 82.6 Å². The number of nitrogens with zero attached hydrogens (tertiary/aromatic N) is 3. The molecule has 0 aromatic carbocycles. The van der Waals surface area contributed by atoms with E-state index in [0.717, 1.165) is 18.4 Å². The zero-order valence-electron chi connectivity index (χ0n) is 16.1. The number of thiophene rings is 1. The van der Waals surface area contributed by atoms with Gasteiger partial charge in [0.1, 0.15) is 5.82 Å². The molecule has 7 nitrogen and oxygen atoms in total. The summed E-state index contributed by atoms with van der Waals surface area (Å²) in [6, 6.07) is 7.26. The summed E-state index contributed by atoms with van der Waals surface area (Å²) in [6.07, 6.45) is 3.12. The van der Waals surface area contributed by atoms with Crippen LogP contribution in [0.4, 0.5) is 5.82 Å². The average Bonchev–Trinajstić information content (AvgIpc) is 3.24. The van der Waals surface area contributed by atoms with Gasteiger partial charge in [0, 0.05) is 26.3 Å². The first-order valence-corrected chi connectivity index (χ1v) is 10.1. The zero-order chi connectivity index (χ0) is 20.1. The number of nitrogens with one attached hydrogen (secondary N) is 1. The minimum absolute atomic E-state index is 0.00439. The van der Waals surface area contributed by atoms with Gasteiger partial charge in [0.25, 0.3) is 5.91 Å². The lowest BCUT2D eigenvalue weighted by atomic mass is 9.97. The summed E-state index contributed by atoms with van der Waals surface area (Å²) in [7, 11) is 1.62. The van der Waals surface area contributed by atoms with E-state index in [2.05, 4.69) is 10.3 Å². The third kappa shape index (κ3) is 4.75. The van der Waals surface area contributed by atoms with Gasteiger partial charge >= 0.3 is 0 Å². The normalized spacial score (nSPS) is 16.5. The van der Waals surface area contributed by atoms with Crippen molar-refractivity contribution >= 4 is 34.9 Å². The van der Waals surface area contributed by atoms with Crippen LogP contribution in [-0.2, 0) is 9.59 Å². The van der Waals surface area contributed by atoms with Crippen molar-refractivity contribution in [1.29, 1.82) is 0 Å². The van der Waals surface area contributed by atoms with Crippen LogP contribution in [0.1, 0.15) is 28.1 Å². The van der Waals surface area contributed by atoms with E-state index >= 15 is 0 Å². The highest BCUT2D eigenvalue weighted by molar-refractivity contribution is 7.12. The van der Waals surface area contributed by atoms with Crippen molar-refractivity contribution in [3.05, 3.63) is 46.3 Å². The van der Waals surface area contributed by atoms with E-state index in [1.165, 1.54) is 16.2 Å². The van der Waals surface area contributed by atoms with Crippen LogP contribution in [0.25, 0.3) is 0 Å². The summed E-state index contributed by atoms with van der Waals surface area (Å²) in [5.74, 6) is -0.156. The molecule has 1 aliphatic heterocycles. The standard InChI is InChI=1S/C20H24N4O3S/c1-14-6-3-9-21-18(14)22-19(26)15-7-4-10-24(12-15)17(25)13-23(2)20(27)16-8-5-11-28-16/h3,5-6,8-9,11,15H,4,7,10,12-13H2,1-2H3,(H,21,22,26). The summed E-state index contributed by atoms with van der Waals surface area (Å²) in [4.78, 5) is 45.5. The molecule has 2 aromatic rings. The van der Waals surface area contributed by atoms with Crippen LogP contribution in [0.2, 0.25) is 0 Å². The summed E-state index contributed by atoms with van der Waals surface area (Å²) < 4.78 is 0. The second-order valence-corrected chi connectivity index (χ2v) is 7.92. The fourth-order valence-corrected chi connectivity index (χ4v) is 3.93. The third-order valence-corrected chi connectivity index (χ3v) is 5.70. The molecule has 8 heteroatoms. The molecule has 0 aliphatic carbocycles. The molecule has 148 valence electrons. The molecule has 3 rings (SSSR count). The summed E-state index contributed by atoms with van der Waals surface area (Å²) in [5.41, 5.74) is 0.897. The van der Waals surface area contributed by atoms with E-state index in [1.54, 1.807) is 24.2 Å². The molecule has 1 saturated heterocycles. The van der Waals surface area contributed by atoms with E-state index < -0.39 is 0 Å². The largest absolute Gasteiger partial charge is 0.340 e. The van der Waals surface area contributed by atoms with Gasteiger partial charge in [-0.05, 0) is 42.8 Å². The van der Waals surface area contributed by atoms with Crippen LogP contribution in [0.5, 0.6) is 0 Å². The van der Waals surface area contributed by atoms with Crippen LogP contribution >= 0.6 is 11.3 Å². The molecule has 1 N–H and O–H groups in total. The maximum Gasteiger partial charge on any atom is 0.264 e. The highest BCUT2D eigenvalue weighted by atomic mass is 32.1. The minimum atomic E-state index is -0.280. The van der Waals surface area contributed by atoms with Crippen molar-refractivity contribution in [2.24, 2.45) is 5.92 Å². The van der Waals surface area contributed by atoms with Gasteiger partial charge in [-0.1, -0.05) is 12.1 Å².